The maximum atomic E-state index is 5.66. The molecule has 0 saturated carbocycles. The summed E-state index contributed by atoms with van der Waals surface area (Å²) in [4.78, 5) is 0. The smallest absolute Gasteiger partial charge is 0.377 e. The second kappa shape index (κ2) is 23.5. The molecule has 0 aromatic heterocycles. The first-order valence-corrected chi connectivity index (χ1v) is 16.9. The van der Waals surface area contributed by atoms with Crippen molar-refractivity contribution < 1.29 is 17.8 Å². The first-order valence-electron chi connectivity index (χ1n) is 15.0. The molecule has 206 valence electrons. The van der Waals surface area contributed by atoms with Crippen LogP contribution in [-0.4, -0.2) is 61.3 Å². The summed E-state index contributed by atoms with van der Waals surface area (Å²) >= 11 is 0. The summed E-state index contributed by atoms with van der Waals surface area (Å²) in [6.45, 7) is 8.43. The molecule has 0 spiro atoms. The minimum absolute atomic E-state index is 0.917. The van der Waals surface area contributed by atoms with Gasteiger partial charge >= 0.3 is 8.80 Å². The molecule has 0 unspecified atom stereocenters. The van der Waals surface area contributed by atoms with Gasteiger partial charge in [-0.25, -0.2) is 0 Å². The molecule has 0 heterocycles. The highest BCUT2D eigenvalue weighted by Gasteiger charge is 2.38. The fourth-order valence-electron chi connectivity index (χ4n) is 5.18. The van der Waals surface area contributed by atoms with Crippen LogP contribution in [0.4, 0.5) is 0 Å². The highest BCUT2D eigenvalue weighted by atomic mass is 28.4. The van der Waals surface area contributed by atoms with E-state index >= 15 is 0 Å². The van der Waals surface area contributed by atoms with Crippen LogP contribution in [0.15, 0.2) is 0 Å². The van der Waals surface area contributed by atoms with Gasteiger partial charge in [0.1, 0.15) is 0 Å². The van der Waals surface area contributed by atoms with Crippen molar-refractivity contribution in [3.05, 3.63) is 0 Å². The second-order valence-corrected chi connectivity index (χ2v) is 13.9. The molecule has 0 saturated heterocycles. The number of hydrogen-bond acceptors (Lipinski definition) is 3. The van der Waals surface area contributed by atoms with E-state index in [1.165, 1.54) is 140 Å². The number of hydrogen-bond donors (Lipinski definition) is 0. The van der Waals surface area contributed by atoms with Gasteiger partial charge in [0.05, 0.1) is 26.7 Å². The van der Waals surface area contributed by atoms with E-state index in [0.29, 0.717) is 0 Å². The highest BCUT2D eigenvalue weighted by Crippen LogP contribution is 2.20. The molecular weight excluding hydrogens is 438 g/mol. The molecule has 0 N–H and O–H groups in total. The van der Waals surface area contributed by atoms with Crippen LogP contribution in [0, 0.1) is 0 Å². The lowest BCUT2D eigenvalue weighted by atomic mass is 10.1. The first-order chi connectivity index (χ1) is 16.5. The second-order valence-electron chi connectivity index (χ2n) is 10.8. The third-order valence-corrected chi connectivity index (χ3v) is 10.5. The SMILES string of the molecule is CCCCCCCCCCC[N+](C)(CCCCCCCCCCC)CCC[Si](OC)(OC)OC. The molecule has 0 aromatic rings. The normalized spacial score (nSPS) is 12.5. The summed E-state index contributed by atoms with van der Waals surface area (Å²) in [7, 11) is 5.24. The predicted octanol–water partition coefficient (Wildman–Crippen LogP) is 8.76. The van der Waals surface area contributed by atoms with Crippen molar-refractivity contribution in [2.24, 2.45) is 0 Å². The van der Waals surface area contributed by atoms with E-state index in [4.69, 9.17) is 13.3 Å². The van der Waals surface area contributed by atoms with Crippen LogP contribution >= 0.6 is 0 Å². The zero-order valence-corrected chi connectivity index (χ0v) is 25.4. The summed E-state index contributed by atoms with van der Waals surface area (Å²) in [6.07, 6.45) is 26.4. The van der Waals surface area contributed by atoms with Gasteiger partial charge in [-0.05, 0) is 25.7 Å². The molecule has 5 heteroatoms. The lowest BCUT2D eigenvalue weighted by Gasteiger charge is -2.36. The van der Waals surface area contributed by atoms with Crippen LogP contribution < -0.4 is 0 Å². The van der Waals surface area contributed by atoms with Crippen molar-refractivity contribution in [1.29, 1.82) is 0 Å². The number of nitrogens with zero attached hydrogens (tertiary/aromatic N) is 1. The van der Waals surface area contributed by atoms with Gasteiger partial charge in [-0.15, -0.1) is 0 Å². The van der Waals surface area contributed by atoms with Crippen LogP contribution in [-0.2, 0) is 13.3 Å². The van der Waals surface area contributed by atoms with Crippen molar-refractivity contribution in [3.63, 3.8) is 0 Å². The van der Waals surface area contributed by atoms with Crippen LogP contribution in [0.25, 0.3) is 0 Å². The standard InChI is InChI=1S/C29H64NO3Si/c1-7-9-11-13-15-17-19-21-23-26-30(3,28-25-29-34(31-4,32-5)33-6)27-24-22-20-18-16-14-12-10-8-2/h7-29H2,1-6H3/q+1. The summed E-state index contributed by atoms with van der Waals surface area (Å²) in [5, 5.41) is 0. The molecule has 0 radical (unpaired) electrons. The summed E-state index contributed by atoms with van der Waals surface area (Å²) in [6, 6.07) is 0.917. The van der Waals surface area contributed by atoms with Gasteiger partial charge in [-0.2, -0.15) is 0 Å². The Labute approximate surface area is 216 Å². The molecule has 0 amide bonds. The topological polar surface area (TPSA) is 27.7 Å². The molecule has 0 aliphatic carbocycles. The van der Waals surface area contributed by atoms with Crippen molar-refractivity contribution in [2.75, 3.05) is 48.0 Å². The molecule has 4 nitrogen and oxygen atoms in total. The molecule has 0 aromatic carbocycles. The summed E-state index contributed by atoms with van der Waals surface area (Å²) < 4.78 is 18.2. The first kappa shape index (κ1) is 34.1. The molecule has 0 aliphatic heterocycles. The fraction of sp³-hybridized carbons (Fsp3) is 1.00. The minimum Gasteiger partial charge on any atom is -0.377 e. The Kier molecular flexibility index (Phi) is 23.5. The molecule has 0 fully saturated rings. The third-order valence-electron chi connectivity index (χ3n) is 7.72. The molecule has 0 atom stereocenters. The monoisotopic (exact) mass is 502 g/mol. The average Bonchev–Trinajstić information content (AvgIpc) is 2.85. The predicted molar refractivity (Wildman–Crippen MR) is 151 cm³/mol. The van der Waals surface area contributed by atoms with Gasteiger partial charge in [-0.1, -0.05) is 104 Å². The highest BCUT2D eigenvalue weighted by molar-refractivity contribution is 6.60. The van der Waals surface area contributed by atoms with Crippen molar-refractivity contribution in [1.82, 2.24) is 0 Å². The Morgan fingerprint density at radius 2 is 0.735 bits per heavy atom. The lowest BCUT2D eigenvalue weighted by molar-refractivity contribution is -0.910. The van der Waals surface area contributed by atoms with Gasteiger partial charge < -0.3 is 17.8 Å². The number of unbranched alkanes of at least 4 members (excludes halogenated alkanes) is 16. The molecule has 0 bridgehead atoms. The Balaban J connectivity index is 4.34. The van der Waals surface area contributed by atoms with Gasteiger partial charge in [-0.3, -0.25) is 0 Å². The molecule has 0 rings (SSSR count). The zero-order valence-electron chi connectivity index (χ0n) is 24.4. The minimum atomic E-state index is -2.45. The van der Waals surface area contributed by atoms with E-state index < -0.39 is 8.80 Å². The lowest BCUT2D eigenvalue weighted by Crippen LogP contribution is -2.48. The average molecular weight is 503 g/mol. The van der Waals surface area contributed by atoms with E-state index in [1.54, 1.807) is 21.3 Å². The zero-order chi connectivity index (χ0) is 25.4. The van der Waals surface area contributed by atoms with Gasteiger partial charge in [0, 0.05) is 33.8 Å². The van der Waals surface area contributed by atoms with E-state index in [2.05, 4.69) is 20.9 Å². The van der Waals surface area contributed by atoms with Gasteiger partial charge in [0.25, 0.3) is 0 Å². The van der Waals surface area contributed by atoms with E-state index in [1.807, 2.05) is 0 Å². The van der Waals surface area contributed by atoms with Gasteiger partial charge in [0.15, 0.2) is 0 Å². The Morgan fingerprint density at radius 3 is 1.06 bits per heavy atom. The summed E-state index contributed by atoms with van der Waals surface area (Å²) in [5.74, 6) is 0. The summed E-state index contributed by atoms with van der Waals surface area (Å²) in [5.41, 5.74) is 0. The third kappa shape index (κ3) is 18.3. The van der Waals surface area contributed by atoms with Crippen LogP contribution in [0.1, 0.15) is 136 Å². The van der Waals surface area contributed by atoms with Crippen molar-refractivity contribution in [3.8, 4) is 0 Å². The van der Waals surface area contributed by atoms with Crippen LogP contribution in [0.3, 0.4) is 0 Å². The molecule has 0 aliphatic rings. The van der Waals surface area contributed by atoms with Crippen molar-refractivity contribution in [2.45, 2.75) is 142 Å². The Bertz CT molecular complexity index is 388. The number of quaternary nitrogens is 1. The maximum absolute atomic E-state index is 5.66. The van der Waals surface area contributed by atoms with Crippen LogP contribution in [0.2, 0.25) is 6.04 Å². The molecular formula is C29H64NO3Si+. The number of rotatable bonds is 27. The largest absolute Gasteiger partial charge is 0.500 e. The van der Waals surface area contributed by atoms with Crippen molar-refractivity contribution >= 4 is 8.80 Å². The molecule has 34 heavy (non-hydrogen) atoms. The van der Waals surface area contributed by atoms with E-state index in [9.17, 15) is 0 Å². The van der Waals surface area contributed by atoms with Gasteiger partial charge in [0.2, 0.25) is 0 Å². The Hall–Kier alpha value is 0.0569. The van der Waals surface area contributed by atoms with Crippen LogP contribution in [0.5, 0.6) is 0 Å². The van der Waals surface area contributed by atoms with E-state index in [0.717, 1.165) is 12.5 Å². The quantitative estimate of drug-likeness (QED) is 0.0638. The van der Waals surface area contributed by atoms with E-state index in [-0.39, 0.29) is 0 Å². The maximum Gasteiger partial charge on any atom is 0.500 e. The Morgan fingerprint density at radius 1 is 0.441 bits per heavy atom. The fourth-order valence-corrected chi connectivity index (χ4v) is 6.88.